The van der Waals surface area contributed by atoms with E-state index in [9.17, 15) is 13.2 Å². The van der Waals surface area contributed by atoms with Gasteiger partial charge in [-0.1, -0.05) is 38.1 Å². The summed E-state index contributed by atoms with van der Waals surface area (Å²) < 4.78 is 27.7. The van der Waals surface area contributed by atoms with Gasteiger partial charge in [0.05, 0.1) is 16.1 Å². The third-order valence-electron chi connectivity index (χ3n) is 4.05. The van der Waals surface area contributed by atoms with Crippen molar-refractivity contribution < 1.29 is 13.2 Å². The van der Waals surface area contributed by atoms with Crippen LogP contribution in [0, 0.1) is 0 Å². The van der Waals surface area contributed by atoms with Crippen molar-refractivity contribution in [1.82, 2.24) is 5.32 Å². The summed E-state index contributed by atoms with van der Waals surface area (Å²) in [7, 11) is -3.76. The molecular formula is C19H24N2O3S. The summed E-state index contributed by atoms with van der Waals surface area (Å²) in [6.45, 7) is 5.88. The zero-order chi connectivity index (χ0) is 18.4. The lowest BCUT2D eigenvalue weighted by atomic mass is 10.1. The summed E-state index contributed by atoms with van der Waals surface area (Å²) >= 11 is 0. The number of anilines is 1. The molecule has 0 radical (unpaired) electrons. The number of aryl methyl sites for hydroxylation is 1. The molecule has 0 fully saturated rings. The molecule has 2 aromatic carbocycles. The van der Waals surface area contributed by atoms with Crippen LogP contribution in [0.4, 0.5) is 5.69 Å². The number of nitrogens with one attached hydrogen (secondary N) is 2. The van der Waals surface area contributed by atoms with Crippen LogP contribution in [-0.2, 0) is 16.4 Å². The van der Waals surface area contributed by atoms with Gasteiger partial charge in [-0.05, 0) is 49.6 Å². The minimum absolute atomic E-state index is 0.0127. The summed E-state index contributed by atoms with van der Waals surface area (Å²) in [5, 5.41) is 2.85. The number of sulfonamides is 1. The Hall–Kier alpha value is -2.34. The number of para-hydroxylation sites is 1. The largest absolute Gasteiger partial charge is 0.350 e. The Bertz CT molecular complexity index is 830. The lowest BCUT2D eigenvalue weighted by molar-refractivity contribution is 0.0940. The van der Waals surface area contributed by atoms with Gasteiger partial charge >= 0.3 is 0 Å². The highest BCUT2D eigenvalue weighted by Crippen LogP contribution is 2.21. The Morgan fingerprint density at radius 3 is 2.28 bits per heavy atom. The molecule has 5 nitrogen and oxygen atoms in total. The van der Waals surface area contributed by atoms with E-state index in [0.717, 1.165) is 18.4 Å². The zero-order valence-electron chi connectivity index (χ0n) is 14.7. The second-order valence-electron chi connectivity index (χ2n) is 5.93. The number of benzene rings is 2. The molecule has 0 heterocycles. The van der Waals surface area contributed by atoms with Crippen LogP contribution in [0.5, 0.6) is 0 Å². The molecule has 1 amide bonds. The van der Waals surface area contributed by atoms with Crippen molar-refractivity contribution in [3.05, 3.63) is 59.7 Å². The summed E-state index contributed by atoms with van der Waals surface area (Å²) in [5.41, 5.74) is 1.63. The van der Waals surface area contributed by atoms with Gasteiger partial charge < -0.3 is 5.32 Å². The molecule has 0 aliphatic rings. The average Bonchev–Trinajstić information content (AvgIpc) is 2.61. The van der Waals surface area contributed by atoms with Crippen molar-refractivity contribution in [2.45, 2.75) is 44.6 Å². The van der Waals surface area contributed by atoms with Gasteiger partial charge in [0.25, 0.3) is 15.9 Å². The van der Waals surface area contributed by atoms with Gasteiger partial charge in [-0.3, -0.25) is 9.52 Å². The molecule has 25 heavy (non-hydrogen) atoms. The van der Waals surface area contributed by atoms with Gasteiger partial charge in [0.1, 0.15) is 0 Å². The van der Waals surface area contributed by atoms with Crippen LogP contribution in [-0.4, -0.2) is 20.4 Å². The summed E-state index contributed by atoms with van der Waals surface area (Å²) in [5.74, 6) is -0.297. The summed E-state index contributed by atoms with van der Waals surface area (Å²) in [4.78, 5) is 12.6. The van der Waals surface area contributed by atoms with Crippen LogP contribution in [0.15, 0.2) is 53.4 Å². The smallest absolute Gasteiger partial charge is 0.261 e. The first-order valence-electron chi connectivity index (χ1n) is 8.39. The first kappa shape index (κ1) is 19.0. The highest BCUT2D eigenvalue weighted by atomic mass is 32.2. The van der Waals surface area contributed by atoms with E-state index >= 15 is 0 Å². The van der Waals surface area contributed by atoms with Crippen molar-refractivity contribution in [1.29, 1.82) is 0 Å². The molecule has 0 aliphatic carbocycles. The van der Waals surface area contributed by atoms with Crippen LogP contribution in [0.25, 0.3) is 0 Å². The molecule has 2 N–H and O–H groups in total. The van der Waals surface area contributed by atoms with E-state index in [-0.39, 0.29) is 22.5 Å². The van der Waals surface area contributed by atoms with Gasteiger partial charge in [0.2, 0.25) is 0 Å². The van der Waals surface area contributed by atoms with Gasteiger partial charge in [-0.2, -0.15) is 0 Å². The third-order valence-corrected chi connectivity index (χ3v) is 5.43. The van der Waals surface area contributed by atoms with E-state index in [4.69, 9.17) is 0 Å². The van der Waals surface area contributed by atoms with Crippen LogP contribution in [0.3, 0.4) is 0 Å². The van der Waals surface area contributed by atoms with E-state index in [1.807, 2.05) is 20.8 Å². The van der Waals surface area contributed by atoms with E-state index < -0.39 is 10.0 Å². The van der Waals surface area contributed by atoms with Gasteiger partial charge in [0, 0.05) is 6.04 Å². The number of rotatable bonds is 7. The molecule has 0 bridgehead atoms. The first-order chi connectivity index (χ1) is 11.9. The highest BCUT2D eigenvalue weighted by molar-refractivity contribution is 7.92. The van der Waals surface area contributed by atoms with Crippen molar-refractivity contribution in [3.8, 4) is 0 Å². The second kappa shape index (κ2) is 8.16. The van der Waals surface area contributed by atoms with Crippen molar-refractivity contribution in [2.24, 2.45) is 0 Å². The first-order valence-corrected chi connectivity index (χ1v) is 9.87. The number of hydrogen-bond acceptors (Lipinski definition) is 3. The van der Waals surface area contributed by atoms with Crippen molar-refractivity contribution in [2.75, 3.05) is 4.72 Å². The number of amides is 1. The van der Waals surface area contributed by atoms with Crippen LogP contribution in [0.1, 0.15) is 43.1 Å². The Balaban J connectivity index is 2.28. The fourth-order valence-corrected chi connectivity index (χ4v) is 3.36. The highest BCUT2D eigenvalue weighted by Gasteiger charge is 2.19. The summed E-state index contributed by atoms with van der Waals surface area (Å²) in [6.07, 6.45) is 1.63. The molecule has 1 atom stereocenters. The fraction of sp³-hybridized carbons (Fsp3) is 0.316. The molecule has 0 aromatic heterocycles. The standard InChI is InChI=1S/C19H24N2O3S/c1-4-14(3)20-19(22)17-8-6-7-9-18(17)21-25(23,24)16-12-10-15(5-2)11-13-16/h6-14,21H,4-5H2,1-3H3,(H,20,22)/t14-/m0/s1. The number of carbonyl (C=O) groups excluding carboxylic acids is 1. The van der Waals surface area contributed by atoms with Gasteiger partial charge in [-0.25, -0.2) is 8.42 Å². The maximum absolute atomic E-state index is 12.6. The Kier molecular flexibility index (Phi) is 6.20. The number of carbonyl (C=O) groups is 1. The summed E-state index contributed by atoms with van der Waals surface area (Å²) in [6, 6.07) is 13.3. The molecule has 2 aromatic rings. The van der Waals surface area contributed by atoms with Crippen molar-refractivity contribution in [3.63, 3.8) is 0 Å². The average molecular weight is 360 g/mol. The molecule has 0 aliphatic heterocycles. The predicted molar refractivity (Wildman–Crippen MR) is 100 cm³/mol. The minimum Gasteiger partial charge on any atom is -0.350 e. The van der Waals surface area contributed by atoms with E-state index in [1.54, 1.807) is 48.5 Å². The minimum atomic E-state index is -3.76. The van der Waals surface area contributed by atoms with Crippen LogP contribution < -0.4 is 10.0 Å². The molecule has 0 spiro atoms. The molecule has 134 valence electrons. The maximum Gasteiger partial charge on any atom is 0.261 e. The lowest BCUT2D eigenvalue weighted by Gasteiger charge is -2.15. The quantitative estimate of drug-likeness (QED) is 0.792. The Morgan fingerprint density at radius 2 is 1.68 bits per heavy atom. The van der Waals surface area contributed by atoms with E-state index in [2.05, 4.69) is 10.0 Å². The fourth-order valence-electron chi connectivity index (χ4n) is 2.28. The van der Waals surface area contributed by atoms with E-state index in [0.29, 0.717) is 5.56 Å². The third kappa shape index (κ3) is 4.82. The SMILES string of the molecule is CCc1ccc(S(=O)(=O)Nc2ccccc2C(=O)N[C@@H](C)CC)cc1. The van der Waals surface area contributed by atoms with Crippen molar-refractivity contribution >= 4 is 21.6 Å². The van der Waals surface area contributed by atoms with Gasteiger partial charge in [-0.15, -0.1) is 0 Å². The molecule has 0 unspecified atom stereocenters. The number of hydrogen-bond donors (Lipinski definition) is 2. The molecule has 2 rings (SSSR count). The normalized spacial score (nSPS) is 12.4. The monoisotopic (exact) mass is 360 g/mol. The lowest BCUT2D eigenvalue weighted by Crippen LogP contribution is -2.32. The van der Waals surface area contributed by atoms with Crippen LogP contribution in [0.2, 0.25) is 0 Å². The van der Waals surface area contributed by atoms with Crippen LogP contribution >= 0.6 is 0 Å². The Labute approximate surface area is 149 Å². The van der Waals surface area contributed by atoms with E-state index in [1.165, 1.54) is 0 Å². The molecule has 0 saturated carbocycles. The molecular weight excluding hydrogens is 336 g/mol. The molecule has 6 heteroatoms. The topological polar surface area (TPSA) is 75.3 Å². The maximum atomic E-state index is 12.6. The van der Waals surface area contributed by atoms with Gasteiger partial charge in [0.15, 0.2) is 0 Å². The Morgan fingerprint density at radius 1 is 1.04 bits per heavy atom. The predicted octanol–water partition coefficient (Wildman–Crippen LogP) is 3.58. The zero-order valence-corrected chi connectivity index (χ0v) is 15.6. The molecule has 0 saturated heterocycles. The second-order valence-corrected chi connectivity index (χ2v) is 7.61.